The molecule has 0 heterocycles. The third-order valence-corrected chi connectivity index (χ3v) is 10.7. The number of phosphoric acid groups is 1. The van der Waals surface area contributed by atoms with Crippen LogP contribution in [0.15, 0.2) is 60.8 Å². The average Bonchev–Trinajstić information content (AvgIpc) is 3.22. The van der Waals surface area contributed by atoms with Crippen LogP contribution in [0.2, 0.25) is 0 Å². The van der Waals surface area contributed by atoms with E-state index in [1.54, 1.807) is 42.5 Å². The lowest BCUT2D eigenvalue weighted by atomic mass is 10.1. The number of nitrogens with two attached hydrogens (primary N) is 1. The minimum atomic E-state index is -4.46. The zero-order valence-corrected chi connectivity index (χ0v) is 38.2. The van der Waals surface area contributed by atoms with Gasteiger partial charge in [-0.25, -0.2) is 4.57 Å². The van der Waals surface area contributed by atoms with Crippen molar-refractivity contribution in [3.8, 4) is 0 Å². The summed E-state index contributed by atoms with van der Waals surface area (Å²) in [5.41, 5.74) is 5.33. The van der Waals surface area contributed by atoms with Crippen molar-refractivity contribution in [1.29, 1.82) is 0 Å². The molecule has 0 spiro atoms. The van der Waals surface area contributed by atoms with Gasteiger partial charge in [-0.3, -0.25) is 18.6 Å². The molecule has 13 heteroatoms. The highest BCUT2D eigenvalue weighted by Gasteiger charge is 2.26. The number of aliphatic hydroxyl groups excluding tert-OH is 3. The number of allylic oxidation sites excluding steroid dienone is 8. The molecule has 0 aliphatic heterocycles. The first kappa shape index (κ1) is 57.6. The maximum absolute atomic E-state index is 12.6. The average molecular weight is 870 g/mol. The Kier molecular flexibility index (Phi) is 40.2. The minimum absolute atomic E-state index is 0.00227. The fourth-order valence-corrected chi connectivity index (χ4v) is 6.90. The minimum Gasteiger partial charge on any atom is -0.462 e. The first-order valence-electron chi connectivity index (χ1n) is 23.1. The maximum atomic E-state index is 12.6. The van der Waals surface area contributed by atoms with Gasteiger partial charge in [-0.05, 0) is 51.4 Å². The number of hydrogen-bond acceptors (Lipinski definition) is 11. The van der Waals surface area contributed by atoms with E-state index in [0.717, 1.165) is 44.9 Å². The van der Waals surface area contributed by atoms with Crippen LogP contribution in [0.5, 0.6) is 0 Å². The van der Waals surface area contributed by atoms with Crippen LogP contribution < -0.4 is 5.73 Å². The number of hydrogen-bond donors (Lipinski definition) is 5. The predicted molar refractivity (Wildman–Crippen MR) is 242 cm³/mol. The number of esters is 2. The molecule has 6 N–H and O–H groups in total. The SMILES string of the molecule is CCCCCCCC/C=C\CCCCCCCCCCCC(=O)O[C@H](COC(=O)CCC[C@@H](O)[C@H](O)/C=C/C=C/C=C\C=C\[C@H](O)CCCCC)COP(=O)(O)OCCN. The van der Waals surface area contributed by atoms with Crippen molar-refractivity contribution in [3.63, 3.8) is 0 Å². The van der Waals surface area contributed by atoms with Crippen LogP contribution in [0.4, 0.5) is 0 Å². The molecule has 0 saturated carbocycles. The van der Waals surface area contributed by atoms with Crippen LogP contribution in [0.1, 0.15) is 174 Å². The lowest BCUT2D eigenvalue weighted by Crippen LogP contribution is -2.30. The summed E-state index contributed by atoms with van der Waals surface area (Å²) in [6.07, 6.45) is 39.0. The summed E-state index contributed by atoms with van der Waals surface area (Å²) >= 11 is 0. The van der Waals surface area contributed by atoms with E-state index in [4.69, 9.17) is 24.3 Å². The molecule has 0 bridgehead atoms. The Balaban J connectivity index is 4.42. The molecule has 12 nitrogen and oxygen atoms in total. The number of carbonyl (C=O) groups excluding carboxylic acids is 2. The largest absolute Gasteiger partial charge is 0.472 e. The van der Waals surface area contributed by atoms with Gasteiger partial charge >= 0.3 is 19.8 Å². The Morgan fingerprint density at radius 2 is 1.12 bits per heavy atom. The van der Waals surface area contributed by atoms with Gasteiger partial charge in [0, 0.05) is 19.4 Å². The van der Waals surface area contributed by atoms with Crippen LogP contribution in [0.3, 0.4) is 0 Å². The molecule has 0 aromatic heterocycles. The highest BCUT2D eigenvalue weighted by Crippen LogP contribution is 2.43. The van der Waals surface area contributed by atoms with Crippen LogP contribution in [-0.2, 0) is 32.7 Å². The molecular formula is C47H84NO11P. The molecule has 0 amide bonds. The van der Waals surface area contributed by atoms with E-state index in [2.05, 4.69) is 26.0 Å². The quantitative estimate of drug-likeness (QED) is 0.0128. The van der Waals surface area contributed by atoms with Gasteiger partial charge < -0.3 is 35.4 Å². The Labute approximate surface area is 363 Å². The second-order valence-corrected chi connectivity index (χ2v) is 16.9. The Morgan fingerprint density at radius 3 is 1.72 bits per heavy atom. The second-order valence-electron chi connectivity index (χ2n) is 15.5. The van der Waals surface area contributed by atoms with E-state index in [1.807, 2.05) is 0 Å². The molecule has 0 rings (SSSR count). The molecule has 0 aromatic carbocycles. The normalized spacial score (nSPS) is 15.4. The number of rotatable bonds is 42. The third kappa shape index (κ3) is 39.7. The van der Waals surface area contributed by atoms with Crippen molar-refractivity contribution in [2.24, 2.45) is 5.73 Å². The monoisotopic (exact) mass is 870 g/mol. The standard InChI is InChI=1S/C47H84NO11P/c1-3-5-7-8-9-10-11-12-13-14-15-16-17-18-19-20-21-26-30-36-47(53)59-43(41-58-60(54,55)57-39-38-48)40-56-46(52)37-31-35-45(51)44(50)34-29-25-23-22-24-28-33-42(49)32-27-6-4-2/h12-13,22-25,28-29,33-34,42-45,49-51H,3-11,14-21,26-27,30-32,35-41,48H2,1-2H3,(H,54,55)/b13-12-,24-22-,25-23+,33-28+,34-29+/t42-,43-,44-,45-/m1/s1. The Morgan fingerprint density at radius 1 is 0.600 bits per heavy atom. The third-order valence-electron chi connectivity index (χ3n) is 9.74. The molecule has 0 aromatic rings. The number of aliphatic hydroxyl groups is 3. The van der Waals surface area contributed by atoms with Crippen LogP contribution >= 0.6 is 7.82 Å². The summed E-state index contributed by atoms with van der Waals surface area (Å²) < 4.78 is 32.6. The number of unbranched alkanes of at least 4 members (excludes halogenated alkanes) is 17. The predicted octanol–water partition coefficient (Wildman–Crippen LogP) is 10.2. The van der Waals surface area contributed by atoms with Crippen molar-refractivity contribution in [1.82, 2.24) is 0 Å². The molecule has 0 aliphatic rings. The van der Waals surface area contributed by atoms with E-state index < -0.39 is 57.4 Å². The molecule has 0 saturated heterocycles. The molecule has 0 aliphatic carbocycles. The first-order valence-corrected chi connectivity index (χ1v) is 24.6. The van der Waals surface area contributed by atoms with Crippen LogP contribution in [0, 0.1) is 0 Å². The number of phosphoric ester groups is 1. The molecule has 60 heavy (non-hydrogen) atoms. The van der Waals surface area contributed by atoms with Gasteiger partial charge in [-0.2, -0.15) is 0 Å². The van der Waals surface area contributed by atoms with Gasteiger partial charge in [-0.15, -0.1) is 0 Å². The van der Waals surface area contributed by atoms with Crippen molar-refractivity contribution >= 4 is 19.8 Å². The van der Waals surface area contributed by atoms with E-state index in [0.29, 0.717) is 6.42 Å². The van der Waals surface area contributed by atoms with Crippen molar-refractivity contribution in [3.05, 3.63) is 60.8 Å². The van der Waals surface area contributed by atoms with E-state index in [9.17, 15) is 34.4 Å². The van der Waals surface area contributed by atoms with E-state index in [1.165, 1.54) is 89.5 Å². The molecule has 5 atom stereocenters. The fourth-order valence-electron chi connectivity index (χ4n) is 6.13. The maximum Gasteiger partial charge on any atom is 0.472 e. The van der Waals surface area contributed by atoms with Crippen LogP contribution in [-0.4, -0.2) is 82.9 Å². The molecule has 348 valence electrons. The van der Waals surface area contributed by atoms with Gasteiger partial charge in [-0.1, -0.05) is 171 Å². The highest BCUT2D eigenvalue weighted by atomic mass is 31.2. The molecule has 0 fully saturated rings. The highest BCUT2D eigenvalue weighted by molar-refractivity contribution is 7.47. The molecule has 1 unspecified atom stereocenters. The zero-order valence-electron chi connectivity index (χ0n) is 37.3. The summed E-state index contributed by atoms with van der Waals surface area (Å²) in [6, 6.07) is 0. The van der Waals surface area contributed by atoms with Gasteiger partial charge in [0.1, 0.15) is 6.61 Å². The van der Waals surface area contributed by atoms with Gasteiger partial charge in [0.2, 0.25) is 0 Å². The van der Waals surface area contributed by atoms with Crippen molar-refractivity contribution in [2.75, 3.05) is 26.4 Å². The van der Waals surface area contributed by atoms with Crippen molar-refractivity contribution < 1.29 is 52.9 Å². The number of carbonyl (C=O) groups is 2. The molecule has 0 radical (unpaired) electrons. The number of ether oxygens (including phenoxy) is 2. The fraction of sp³-hybridized carbons (Fsp3) is 0.745. The van der Waals surface area contributed by atoms with Gasteiger partial charge in [0.15, 0.2) is 6.10 Å². The lowest BCUT2D eigenvalue weighted by molar-refractivity contribution is -0.161. The summed E-state index contributed by atoms with van der Waals surface area (Å²) in [5.74, 6) is -1.16. The van der Waals surface area contributed by atoms with Gasteiger partial charge in [0.05, 0.1) is 31.5 Å². The molecular weight excluding hydrogens is 785 g/mol. The summed E-state index contributed by atoms with van der Waals surface area (Å²) in [7, 11) is -4.46. The first-order chi connectivity index (χ1) is 29.0. The van der Waals surface area contributed by atoms with Crippen molar-refractivity contribution in [2.45, 2.75) is 199 Å². The van der Waals surface area contributed by atoms with E-state index >= 15 is 0 Å². The van der Waals surface area contributed by atoms with Gasteiger partial charge in [0.25, 0.3) is 0 Å². The van der Waals surface area contributed by atoms with E-state index in [-0.39, 0.29) is 38.8 Å². The lowest BCUT2D eigenvalue weighted by Gasteiger charge is -2.20. The summed E-state index contributed by atoms with van der Waals surface area (Å²) in [5, 5.41) is 30.4. The summed E-state index contributed by atoms with van der Waals surface area (Å²) in [4.78, 5) is 35.0. The second kappa shape index (κ2) is 41.9. The Bertz CT molecular complexity index is 1220. The topological polar surface area (TPSA) is 195 Å². The summed E-state index contributed by atoms with van der Waals surface area (Å²) in [6.45, 7) is 3.23. The van der Waals surface area contributed by atoms with Crippen LogP contribution in [0.25, 0.3) is 0 Å². The smallest absolute Gasteiger partial charge is 0.462 e. The Hall–Kier alpha value is -2.41. The zero-order chi connectivity index (χ0) is 44.4.